The Bertz CT molecular complexity index is 1850. The molecule has 0 spiro atoms. The van der Waals surface area contributed by atoms with E-state index in [2.05, 4.69) is 20.7 Å². The predicted molar refractivity (Wildman–Crippen MR) is 142 cm³/mol. The lowest BCUT2D eigenvalue weighted by atomic mass is 10.0. The summed E-state index contributed by atoms with van der Waals surface area (Å²) in [5.74, 6) is -2.39. The Balaban J connectivity index is 1.67. The molecule has 16 heteroatoms. The molecule has 0 atom stereocenters. The number of nitrogens with one attached hydrogen (secondary N) is 2. The number of ether oxygens (including phenoxy) is 1. The summed E-state index contributed by atoms with van der Waals surface area (Å²) in [7, 11) is -3.58. The monoisotopic (exact) mass is 627 g/mol. The Morgan fingerprint density at radius 1 is 0.884 bits per heavy atom. The van der Waals surface area contributed by atoms with Gasteiger partial charge in [-0.25, -0.2) is 17.8 Å². The maximum absolute atomic E-state index is 14.2. The molecule has 2 heterocycles. The Hall–Kier alpha value is -4.57. The van der Waals surface area contributed by atoms with Gasteiger partial charge < -0.3 is 14.7 Å². The van der Waals surface area contributed by atoms with Gasteiger partial charge in [0.1, 0.15) is 5.82 Å². The summed E-state index contributed by atoms with van der Waals surface area (Å²) in [6.07, 6.45) is -6.75. The van der Waals surface area contributed by atoms with E-state index in [1.54, 1.807) is 12.1 Å². The first kappa shape index (κ1) is 29.9. The molecule has 2 N–H and O–H groups in total. The highest BCUT2D eigenvalue weighted by atomic mass is 32.2. The van der Waals surface area contributed by atoms with Gasteiger partial charge >= 0.3 is 12.5 Å². The maximum atomic E-state index is 14.2. The molecule has 3 aromatic carbocycles. The van der Waals surface area contributed by atoms with Crippen LogP contribution < -0.4 is 20.7 Å². The van der Waals surface area contributed by atoms with Crippen LogP contribution in [-0.2, 0) is 16.0 Å². The zero-order valence-corrected chi connectivity index (χ0v) is 22.9. The van der Waals surface area contributed by atoms with Gasteiger partial charge in [-0.15, -0.1) is 18.7 Å². The van der Waals surface area contributed by atoms with Crippen molar-refractivity contribution in [2.24, 2.45) is 0 Å². The molecule has 0 fully saturated rings. The molecule has 226 valence electrons. The number of sulfone groups is 1. The molecule has 1 aliphatic heterocycles. The van der Waals surface area contributed by atoms with Crippen LogP contribution in [-0.4, -0.2) is 30.6 Å². The first-order valence-electron chi connectivity index (χ1n) is 12.2. The Labute approximate surface area is 239 Å². The van der Waals surface area contributed by atoms with Crippen LogP contribution in [0.5, 0.6) is 5.75 Å². The molecular weight excluding hydrogens is 607 g/mol. The number of halogens is 7. The molecule has 0 bridgehead atoms. The molecule has 1 aliphatic rings. The van der Waals surface area contributed by atoms with E-state index in [-0.39, 0.29) is 33.4 Å². The molecule has 0 radical (unpaired) electrons. The zero-order valence-electron chi connectivity index (χ0n) is 22.0. The molecule has 0 aliphatic carbocycles. The molecule has 0 unspecified atom stereocenters. The molecule has 43 heavy (non-hydrogen) atoms. The van der Waals surface area contributed by atoms with Crippen LogP contribution in [0.15, 0.2) is 78.0 Å². The van der Waals surface area contributed by atoms with Crippen molar-refractivity contribution in [2.45, 2.75) is 24.4 Å². The van der Waals surface area contributed by atoms with Crippen LogP contribution in [0.2, 0.25) is 0 Å². The summed E-state index contributed by atoms with van der Waals surface area (Å²) < 4.78 is 123. The average molecular weight is 628 g/mol. The number of alkyl halides is 6. The number of aryl methyl sites for hydroxylation is 1. The molecular formula is C27H20F7N5O3S. The van der Waals surface area contributed by atoms with Crippen molar-refractivity contribution < 1.29 is 43.9 Å². The lowest BCUT2D eigenvalue weighted by Gasteiger charge is -2.26. The zero-order chi connectivity index (χ0) is 31.3. The van der Waals surface area contributed by atoms with Gasteiger partial charge in [-0.05, 0) is 60.5 Å². The highest BCUT2D eigenvalue weighted by Crippen LogP contribution is 2.38. The van der Waals surface area contributed by atoms with Gasteiger partial charge in [-0.1, -0.05) is 18.2 Å². The van der Waals surface area contributed by atoms with Crippen molar-refractivity contribution >= 4 is 21.2 Å². The Kier molecular flexibility index (Phi) is 7.38. The van der Waals surface area contributed by atoms with Crippen molar-refractivity contribution in [1.82, 2.24) is 20.5 Å². The van der Waals surface area contributed by atoms with Gasteiger partial charge in [0.25, 0.3) is 0 Å². The van der Waals surface area contributed by atoms with E-state index in [1.807, 2.05) is 0 Å². The van der Waals surface area contributed by atoms with E-state index in [0.29, 0.717) is 11.1 Å². The van der Waals surface area contributed by atoms with Crippen LogP contribution in [0, 0.1) is 12.7 Å². The van der Waals surface area contributed by atoms with Crippen LogP contribution >= 0.6 is 0 Å². The SMILES string of the molecule is Cc1nc(C(F)(F)F)cn1-c1ccc(-c2cccc(S(C)(=O)=O)c2)cc1N1NNC=C1c1ccc(F)c(OC(F)(F)F)c1. The van der Waals surface area contributed by atoms with Crippen LogP contribution in [0.4, 0.5) is 36.4 Å². The van der Waals surface area contributed by atoms with Crippen LogP contribution in [0.3, 0.4) is 0 Å². The van der Waals surface area contributed by atoms with E-state index in [9.17, 15) is 39.2 Å². The van der Waals surface area contributed by atoms with Crippen LogP contribution in [0.1, 0.15) is 17.1 Å². The molecule has 5 rings (SSSR count). The fourth-order valence-electron chi connectivity index (χ4n) is 4.40. The van der Waals surface area contributed by atoms with Crippen LogP contribution in [0.25, 0.3) is 22.5 Å². The summed E-state index contributed by atoms with van der Waals surface area (Å²) in [6, 6.07) is 13.3. The van der Waals surface area contributed by atoms with E-state index >= 15 is 0 Å². The third kappa shape index (κ3) is 6.29. The van der Waals surface area contributed by atoms with E-state index in [4.69, 9.17) is 0 Å². The molecule has 8 nitrogen and oxygen atoms in total. The minimum atomic E-state index is -5.17. The number of imidazole rings is 1. The maximum Gasteiger partial charge on any atom is 0.573 e. The van der Waals surface area contributed by atoms with Gasteiger partial charge in [-0.3, -0.25) is 5.01 Å². The van der Waals surface area contributed by atoms with Gasteiger partial charge in [-0.2, -0.15) is 13.2 Å². The number of nitrogens with zero attached hydrogens (tertiary/aromatic N) is 3. The summed E-state index contributed by atoms with van der Waals surface area (Å²) in [5.41, 5.74) is 5.73. The van der Waals surface area contributed by atoms with Gasteiger partial charge in [0.2, 0.25) is 0 Å². The average Bonchev–Trinajstić information content (AvgIpc) is 3.55. The van der Waals surface area contributed by atoms with Gasteiger partial charge in [0.15, 0.2) is 27.1 Å². The highest BCUT2D eigenvalue weighted by Gasteiger charge is 2.35. The summed E-state index contributed by atoms with van der Waals surface area (Å²) in [4.78, 5) is 3.64. The summed E-state index contributed by atoms with van der Waals surface area (Å²) in [6.45, 7) is 1.36. The summed E-state index contributed by atoms with van der Waals surface area (Å²) >= 11 is 0. The second kappa shape index (κ2) is 10.6. The fourth-order valence-corrected chi connectivity index (χ4v) is 5.07. The Morgan fingerprint density at radius 3 is 2.23 bits per heavy atom. The highest BCUT2D eigenvalue weighted by molar-refractivity contribution is 7.90. The number of rotatable bonds is 6. The second-order valence-electron chi connectivity index (χ2n) is 9.36. The van der Waals surface area contributed by atoms with E-state index in [0.717, 1.165) is 24.6 Å². The fraction of sp³-hybridized carbons (Fsp3) is 0.148. The largest absolute Gasteiger partial charge is 0.573 e. The topological polar surface area (TPSA) is 88.5 Å². The minimum absolute atomic E-state index is 0.0271. The predicted octanol–water partition coefficient (Wildman–Crippen LogP) is 6.14. The van der Waals surface area contributed by atoms with Gasteiger partial charge in [0.05, 0.1) is 22.0 Å². The number of hydrazine groups is 2. The molecule has 4 aromatic rings. The minimum Gasteiger partial charge on any atom is -0.403 e. The third-order valence-corrected chi connectivity index (χ3v) is 7.43. The second-order valence-corrected chi connectivity index (χ2v) is 11.4. The summed E-state index contributed by atoms with van der Waals surface area (Å²) in [5, 5.41) is 1.32. The van der Waals surface area contributed by atoms with E-state index < -0.39 is 39.6 Å². The van der Waals surface area contributed by atoms with Gasteiger partial charge in [0, 0.05) is 24.2 Å². The van der Waals surface area contributed by atoms with Crippen molar-refractivity contribution in [2.75, 3.05) is 11.3 Å². The lowest BCUT2D eigenvalue weighted by Crippen LogP contribution is -2.37. The number of hydrogen-bond donors (Lipinski definition) is 2. The molecule has 1 aromatic heterocycles. The van der Waals surface area contributed by atoms with E-state index in [1.165, 1.54) is 59.1 Å². The number of anilines is 1. The molecule has 0 saturated heterocycles. The standard InChI is InChI=1S/C27H20F7N5O3S/c1-15-36-25(26(29,30)31)14-38(15)21-9-7-17(16-4-3-5-19(10-16)43(2,40)41)11-22(21)39-23(13-35-37-39)18-6-8-20(28)24(12-18)42-27(32,33)34/h3-14,35,37H,1-2H3. The Morgan fingerprint density at radius 2 is 1.58 bits per heavy atom. The smallest absolute Gasteiger partial charge is 0.403 e. The first-order chi connectivity index (χ1) is 20.0. The molecule has 0 saturated carbocycles. The third-order valence-electron chi connectivity index (χ3n) is 6.32. The normalized spacial score (nSPS) is 14.1. The number of aromatic nitrogens is 2. The van der Waals surface area contributed by atoms with Crippen molar-refractivity contribution in [1.29, 1.82) is 0 Å². The molecule has 0 amide bonds. The van der Waals surface area contributed by atoms with Crippen molar-refractivity contribution in [3.05, 3.63) is 96.0 Å². The number of hydrogen-bond acceptors (Lipinski definition) is 7. The first-order valence-corrected chi connectivity index (χ1v) is 14.1. The lowest BCUT2D eigenvalue weighted by molar-refractivity contribution is -0.275. The van der Waals surface area contributed by atoms with Crippen molar-refractivity contribution in [3.8, 4) is 22.6 Å². The number of benzene rings is 3. The quantitative estimate of drug-likeness (QED) is 0.249. The van der Waals surface area contributed by atoms with Crippen molar-refractivity contribution in [3.63, 3.8) is 0 Å².